The number of rotatable bonds is 1. The molecule has 1 unspecified atom stereocenters. The fraction of sp³-hybridized carbons (Fsp3) is 1.00. The predicted octanol–water partition coefficient (Wildman–Crippen LogP) is 2.59. The van der Waals surface area contributed by atoms with Crippen molar-refractivity contribution in [1.82, 2.24) is 0 Å². The Morgan fingerprint density at radius 1 is 1.27 bits per heavy atom. The molecule has 0 amide bonds. The first-order chi connectivity index (χ1) is 5.40. The van der Waals surface area contributed by atoms with Crippen LogP contribution in [0, 0.1) is 11.8 Å². The van der Waals surface area contributed by atoms with Gasteiger partial charge in [-0.15, -0.1) is 0 Å². The van der Waals surface area contributed by atoms with Gasteiger partial charge in [0.05, 0.1) is 6.10 Å². The SMILES string of the molecule is BrCC1C[C@@H]2C[C@@H]2CCCO1. The topological polar surface area (TPSA) is 9.23 Å². The second-order valence-electron chi connectivity index (χ2n) is 3.78. The van der Waals surface area contributed by atoms with Crippen LogP contribution in [0.15, 0.2) is 0 Å². The summed E-state index contributed by atoms with van der Waals surface area (Å²) in [6, 6.07) is 0. The quantitative estimate of drug-likeness (QED) is 0.616. The van der Waals surface area contributed by atoms with Crippen LogP contribution in [0.25, 0.3) is 0 Å². The lowest BCUT2D eigenvalue weighted by Gasteiger charge is -2.17. The zero-order valence-corrected chi connectivity index (χ0v) is 8.35. The monoisotopic (exact) mass is 218 g/mol. The van der Waals surface area contributed by atoms with Crippen LogP contribution in [0.4, 0.5) is 0 Å². The fourth-order valence-corrected chi connectivity index (χ4v) is 2.51. The molecule has 1 saturated carbocycles. The van der Waals surface area contributed by atoms with Crippen LogP contribution >= 0.6 is 15.9 Å². The smallest absolute Gasteiger partial charge is 0.0674 e. The van der Waals surface area contributed by atoms with Gasteiger partial charge in [0, 0.05) is 11.9 Å². The number of fused-ring (bicyclic) bond motifs is 1. The normalized spacial score (nSPS) is 43.9. The minimum atomic E-state index is 0.505. The molecular weight excluding hydrogens is 204 g/mol. The molecule has 11 heavy (non-hydrogen) atoms. The highest BCUT2D eigenvalue weighted by Crippen LogP contribution is 2.46. The van der Waals surface area contributed by atoms with Crippen molar-refractivity contribution in [1.29, 1.82) is 0 Å². The zero-order valence-electron chi connectivity index (χ0n) is 6.76. The van der Waals surface area contributed by atoms with Crippen molar-refractivity contribution in [3.05, 3.63) is 0 Å². The van der Waals surface area contributed by atoms with Crippen molar-refractivity contribution < 1.29 is 4.74 Å². The van der Waals surface area contributed by atoms with E-state index in [2.05, 4.69) is 15.9 Å². The highest BCUT2D eigenvalue weighted by molar-refractivity contribution is 9.09. The summed E-state index contributed by atoms with van der Waals surface area (Å²) in [4.78, 5) is 0. The second-order valence-corrected chi connectivity index (χ2v) is 4.43. The van der Waals surface area contributed by atoms with E-state index < -0.39 is 0 Å². The summed E-state index contributed by atoms with van der Waals surface area (Å²) in [7, 11) is 0. The molecule has 0 bridgehead atoms. The van der Waals surface area contributed by atoms with Gasteiger partial charge in [-0.1, -0.05) is 15.9 Å². The van der Waals surface area contributed by atoms with Gasteiger partial charge in [-0.3, -0.25) is 0 Å². The Morgan fingerprint density at radius 2 is 2.18 bits per heavy atom. The largest absolute Gasteiger partial charge is 0.377 e. The molecule has 2 heteroatoms. The van der Waals surface area contributed by atoms with Gasteiger partial charge in [0.15, 0.2) is 0 Å². The number of alkyl halides is 1. The lowest BCUT2D eigenvalue weighted by molar-refractivity contribution is 0.0491. The van der Waals surface area contributed by atoms with Crippen molar-refractivity contribution >= 4 is 15.9 Å². The third kappa shape index (κ3) is 1.97. The molecule has 1 aliphatic carbocycles. The molecule has 1 heterocycles. The Hall–Kier alpha value is 0.440. The van der Waals surface area contributed by atoms with Crippen LogP contribution < -0.4 is 0 Å². The van der Waals surface area contributed by atoms with Gasteiger partial charge in [-0.25, -0.2) is 0 Å². The van der Waals surface area contributed by atoms with E-state index in [9.17, 15) is 0 Å². The van der Waals surface area contributed by atoms with Crippen molar-refractivity contribution in [3.8, 4) is 0 Å². The maximum atomic E-state index is 5.68. The van der Waals surface area contributed by atoms with Crippen LogP contribution in [-0.4, -0.2) is 18.0 Å². The van der Waals surface area contributed by atoms with Gasteiger partial charge in [-0.05, 0) is 37.5 Å². The summed E-state index contributed by atoms with van der Waals surface area (Å²) in [6.45, 7) is 0.986. The first-order valence-electron chi connectivity index (χ1n) is 4.57. The molecule has 64 valence electrons. The van der Waals surface area contributed by atoms with E-state index in [1.807, 2.05) is 0 Å². The first-order valence-corrected chi connectivity index (χ1v) is 5.70. The standard InChI is InChI=1S/C9H15BrO/c10-6-9-5-8-4-7(8)2-1-3-11-9/h7-9H,1-6H2/t7-,8-,9?/m0/s1. The summed E-state index contributed by atoms with van der Waals surface area (Å²) in [5, 5.41) is 1.02. The lowest BCUT2D eigenvalue weighted by Crippen LogP contribution is -2.18. The van der Waals surface area contributed by atoms with Crippen molar-refractivity contribution in [2.75, 3.05) is 11.9 Å². The molecule has 0 spiro atoms. The summed E-state index contributed by atoms with van der Waals surface area (Å²) >= 11 is 3.49. The lowest BCUT2D eigenvalue weighted by atomic mass is 10.1. The van der Waals surface area contributed by atoms with Gasteiger partial charge in [0.25, 0.3) is 0 Å². The third-order valence-corrected chi connectivity index (χ3v) is 3.60. The minimum Gasteiger partial charge on any atom is -0.377 e. The molecule has 2 fully saturated rings. The molecule has 1 aliphatic heterocycles. The van der Waals surface area contributed by atoms with Gasteiger partial charge in [0.2, 0.25) is 0 Å². The number of ether oxygens (including phenoxy) is 1. The maximum absolute atomic E-state index is 5.68. The predicted molar refractivity (Wildman–Crippen MR) is 49.0 cm³/mol. The number of hydrogen-bond donors (Lipinski definition) is 0. The second kappa shape index (κ2) is 3.44. The van der Waals surface area contributed by atoms with Crippen LogP contribution in [0.5, 0.6) is 0 Å². The van der Waals surface area contributed by atoms with Gasteiger partial charge in [-0.2, -0.15) is 0 Å². The van der Waals surface area contributed by atoms with E-state index in [4.69, 9.17) is 4.74 Å². The van der Waals surface area contributed by atoms with Crippen LogP contribution in [0.1, 0.15) is 25.7 Å². The van der Waals surface area contributed by atoms with Crippen LogP contribution in [-0.2, 0) is 4.74 Å². The molecular formula is C9H15BrO. The number of halogens is 1. The maximum Gasteiger partial charge on any atom is 0.0674 e. The third-order valence-electron chi connectivity index (χ3n) is 2.88. The van der Waals surface area contributed by atoms with Crippen LogP contribution in [0.3, 0.4) is 0 Å². The molecule has 1 saturated heterocycles. The molecule has 2 aliphatic rings. The molecule has 2 rings (SSSR count). The zero-order chi connectivity index (χ0) is 7.68. The Balaban J connectivity index is 1.84. The summed E-state index contributed by atoms with van der Waals surface area (Å²) < 4.78 is 5.68. The van der Waals surface area contributed by atoms with E-state index in [0.717, 1.165) is 23.8 Å². The van der Waals surface area contributed by atoms with E-state index in [0.29, 0.717) is 6.10 Å². The van der Waals surface area contributed by atoms with Crippen molar-refractivity contribution in [2.24, 2.45) is 11.8 Å². The molecule has 0 radical (unpaired) electrons. The molecule has 0 aromatic heterocycles. The summed E-state index contributed by atoms with van der Waals surface area (Å²) in [5.41, 5.74) is 0. The summed E-state index contributed by atoms with van der Waals surface area (Å²) in [6.07, 6.45) is 5.98. The number of hydrogen-bond acceptors (Lipinski definition) is 1. The summed E-state index contributed by atoms with van der Waals surface area (Å²) in [5.74, 6) is 2.08. The van der Waals surface area contributed by atoms with Gasteiger partial charge < -0.3 is 4.74 Å². The van der Waals surface area contributed by atoms with E-state index in [-0.39, 0.29) is 0 Å². The molecule has 0 N–H and O–H groups in total. The van der Waals surface area contributed by atoms with Gasteiger partial charge in [0.1, 0.15) is 0 Å². The van der Waals surface area contributed by atoms with E-state index in [1.165, 1.54) is 25.7 Å². The van der Waals surface area contributed by atoms with E-state index >= 15 is 0 Å². The molecule has 3 atom stereocenters. The molecule has 0 aromatic rings. The van der Waals surface area contributed by atoms with Gasteiger partial charge >= 0.3 is 0 Å². The van der Waals surface area contributed by atoms with E-state index in [1.54, 1.807) is 0 Å². The average molecular weight is 219 g/mol. The van der Waals surface area contributed by atoms with Crippen molar-refractivity contribution in [2.45, 2.75) is 31.8 Å². The highest BCUT2D eigenvalue weighted by atomic mass is 79.9. The molecule has 1 nitrogen and oxygen atoms in total. The Labute approximate surface area is 76.6 Å². The Kier molecular flexibility index (Phi) is 2.52. The Morgan fingerprint density at radius 3 is 3.00 bits per heavy atom. The van der Waals surface area contributed by atoms with Crippen LogP contribution in [0.2, 0.25) is 0 Å². The fourth-order valence-electron chi connectivity index (χ4n) is 2.06. The van der Waals surface area contributed by atoms with Crippen molar-refractivity contribution in [3.63, 3.8) is 0 Å². The first kappa shape index (κ1) is 8.06. The average Bonchev–Trinajstić information content (AvgIpc) is 2.67. The highest BCUT2D eigenvalue weighted by Gasteiger charge is 2.38. The molecule has 0 aromatic carbocycles. The minimum absolute atomic E-state index is 0.505. The Bertz CT molecular complexity index is 138.